The summed E-state index contributed by atoms with van der Waals surface area (Å²) in [7, 11) is 0. The molecule has 1 aromatic carbocycles. The van der Waals surface area contributed by atoms with Crippen molar-refractivity contribution >= 4 is 60.3 Å². The van der Waals surface area contributed by atoms with Crippen LogP contribution in [-0.4, -0.2) is 26.7 Å². The Balaban J connectivity index is 2.04. The van der Waals surface area contributed by atoms with E-state index < -0.39 is 0 Å². The minimum absolute atomic E-state index is 0.560. The van der Waals surface area contributed by atoms with Gasteiger partial charge in [0.25, 0.3) is 0 Å². The van der Waals surface area contributed by atoms with E-state index in [4.69, 9.17) is 0 Å². The number of H-pyrrole nitrogens is 1. The van der Waals surface area contributed by atoms with Gasteiger partial charge in [-0.15, -0.1) is 0 Å². The lowest BCUT2D eigenvalue weighted by molar-refractivity contribution is 1.07. The minimum Gasteiger partial charge on any atom is -0.354 e. The first-order chi connectivity index (χ1) is 10.2. The van der Waals surface area contributed by atoms with Gasteiger partial charge in [-0.1, -0.05) is 15.9 Å². The molecule has 0 fully saturated rings. The van der Waals surface area contributed by atoms with Crippen molar-refractivity contribution in [3.8, 4) is 0 Å². The van der Waals surface area contributed by atoms with Gasteiger partial charge in [0.2, 0.25) is 5.95 Å². The van der Waals surface area contributed by atoms with Crippen LogP contribution >= 0.6 is 31.9 Å². The van der Waals surface area contributed by atoms with Crippen molar-refractivity contribution in [3.05, 3.63) is 33.3 Å². The molecule has 3 N–H and O–H groups in total. The normalized spacial score (nSPS) is 10.8. The summed E-state index contributed by atoms with van der Waals surface area (Å²) in [6.07, 6.45) is 1.71. The van der Waals surface area contributed by atoms with E-state index in [1.165, 1.54) is 0 Å². The quantitative estimate of drug-likeness (QED) is 0.603. The van der Waals surface area contributed by atoms with Gasteiger partial charge in [0.05, 0.1) is 17.3 Å². The van der Waals surface area contributed by atoms with Crippen molar-refractivity contribution in [2.24, 2.45) is 0 Å². The summed E-state index contributed by atoms with van der Waals surface area (Å²) in [6.45, 7) is 2.75. The van der Waals surface area contributed by atoms with Gasteiger partial charge < -0.3 is 10.6 Å². The first-order valence-corrected chi connectivity index (χ1v) is 7.93. The second-order valence-corrected chi connectivity index (χ2v) is 6.08. The van der Waals surface area contributed by atoms with Gasteiger partial charge in [-0.05, 0) is 41.1 Å². The largest absolute Gasteiger partial charge is 0.354 e. The van der Waals surface area contributed by atoms with Crippen molar-refractivity contribution in [1.29, 1.82) is 0 Å². The Labute approximate surface area is 138 Å². The average molecular weight is 412 g/mol. The van der Waals surface area contributed by atoms with Crippen molar-refractivity contribution in [2.75, 3.05) is 17.2 Å². The number of benzene rings is 1. The van der Waals surface area contributed by atoms with E-state index >= 15 is 0 Å². The van der Waals surface area contributed by atoms with Crippen LogP contribution in [0.25, 0.3) is 11.0 Å². The van der Waals surface area contributed by atoms with Crippen LogP contribution in [0.2, 0.25) is 0 Å². The van der Waals surface area contributed by atoms with Crippen LogP contribution in [0.5, 0.6) is 0 Å². The van der Waals surface area contributed by atoms with E-state index in [0.717, 1.165) is 26.6 Å². The zero-order chi connectivity index (χ0) is 14.8. The Hall–Kier alpha value is -1.67. The second kappa shape index (κ2) is 5.98. The number of nitrogens with zero attached hydrogens (tertiary/aromatic N) is 3. The molecule has 0 unspecified atom stereocenters. The predicted molar refractivity (Wildman–Crippen MR) is 91.0 cm³/mol. The molecule has 0 aliphatic rings. The highest BCUT2D eigenvalue weighted by Gasteiger charge is 2.11. The summed E-state index contributed by atoms with van der Waals surface area (Å²) < 4.78 is 1.95. The summed E-state index contributed by atoms with van der Waals surface area (Å²) in [6, 6.07) is 5.91. The average Bonchev–Trinajstić information content (AvgIpc) is 2.91. The highest BCUT2D eigenvalue weighted by atomic mass is 79.9. The Bertz CT molecular complexity index is 785. The number of aromatic amines is 1. The Kier molecular flexibility index (Phi) is 4.07. The molecule has 108 valence electrons. The van der Waals surface area contributed by atoms with E-state index in [0.29, 0.717) is 17.4 Å². The zero-order valence-corrected chi connectivity index (χ0v) is 14.3. The zero-order valence-electron chi connectivity index (χ0n) is 11.1. The number of anilines is 3. The summed E-state index contributed by atoms with van der Waals surface area (Å²) in [5.74, 6) is 1.26. The molecule has 2 heterocycles. The maximum atomic E-state index is 4.50. The molecule has 0 aliphatic heterocycles. The fourth-order valence-electron chi connectivity index (χ4n) is 1.89. The molecule has 0 radical (unpaired) electrons. The number of rotatable bonds is 4. The number of nitrogens with one attached hydrogen (secondary N) is 3. The van der Waals surface area contributed by atoms with Crippen LogP contribution in [-0.2, 0) is 0 Å². The number of fused-ring (bicyclic) bond motifs is 1. The monoisotopic (exact) mass is 410 g/mol. The Morgan fingerprint density at radius 1 is 1.24 bits per heavy atom. The van der Waals surface area contributed by atoms with E-state index in [2.05, 4.69) is 62.7 Å². The molecule has 0 saturated heterocycles. The number of hydrogen-bond donors (Lipinski definition) is 3. The van der Waals surface area contributed by atoms with E-state index in [1.54, 1.807) is 6.20 Å². The number of halogens is 2. The van der Waals surface area contributed by atoms with Crippen LogP contribution in [0.1, 0.15) is 6.92 Å². The lowest BCUT2D eigenvalue weighted by Gasteiger charge is -2.10. The molecule has 3 aromatic rings. The molecule has 8 heteroatoms. The van der Waals surface area contributed by atoms with Crippen molar-refractivity contribution in [2.45, 2.75) is 6.92 Å². The molecule has 0 amide bonds. The van der Waals surface area contributed by atoms with Crippen LogP contribution in [0.15, 0.2) is 33.3 Å². The van der Waals surface area contributed by atoms with Crippen LogP contribution in [0, 0.1) is 0 Å². The lowest BCUT2D eigenvalue weighted by atomic mass is 10.3. The van der Waals surface area contributed by atoms with Crippen LogP contribution in [0.3, 0.4) is 0 Å². The van der Waals surface area contributed by atoms with Gasteiger partial charge in [0.15, 0.2) is 5.65 Å². The smallest absolute Gasteiger partial charge is 0.226 e. The van der Waals surface area contributed by atoms with Crippen LogP contribution < -0.4 is 10.6 Å². The lowest BCUT2D eigenvalue weighted by Crippen LogP contribution is -2.05. The SMILES string of the molecule is CCNc1nc(Nc2ccc(Br)cc2Br)c2cn[nH]c2n1. The van der Waals surface area contributed by atoms with Gasteiger partial charge in [-0.25, -0.2) is 0 Å². The summed E-state index contributed by atoms with van der Waals surface area (Å²) >= 11 is 6.97. The van der Waals surface area contributed by atoms with E-state index in [9.17, 15) is 0 Å². The van der Waals surface area contributed by atoms with Gasteiger partial charge >= 0.3 is 0 Å². The maximum absolute atomic E-state index is 4.50. The first kappa shape index (κ1) is 14.3. The first-order valence-electron chi connectivity index (χ1n) is 6.34. The topological polar surface area (TPSA) is 78.5 Å². The standard InChI is InChI=1S/C13H12Br2N6/c1-2-16-13-19-11(8-6-17-21-12(8)20-13)18-10-4-3-7(14)5-9(10)15/h3-6H,2H2,1H3,(H3,16,17,18,19,20,21). The molecule has 0 spiro atoms. The molecule has 0 aliphatic carbocycles. The minimum atomic E-state index is 0.560. The highest BCUT2D eigenvalue weighted by Crippen LogP contribution is 2.30. The number of hydrogen-bond acceptors (Lipinski definition) is 5. The van der Waals surface area contributed by atoms with Gasteiger partial charge in [-0.2, -0.15) is 15.1 Å². The molecule has 6 nitrogen and oxygen atoms in total. The third kappa shape index (κ3) is 3.01. The molecule has 0 saturated carbocycles. The molecule has 0 atom stereocenters. The Morgan fingerprint density at radius 2 is 2.10 bits per heavy atom. The van der Waals surface area contributed by atoms with Crippen LogP contribution in [0.4, 0.5) is 17.5 Å². The molecule has 2 aromatic heterocycles. The summed E-state index contributed by atoms with van der Waals surface area (Å²) in [4.78, 5) is 8.86. The predicted octanol–water partition coefficient (Wildman–Crippen LogP) is 4.05. The van der Waals surface area contributed by atoms with Crippen molar-refractivity contribution in [1.82, 2.24) is 20.2 Å². The molecule has 3 rings (SSSR count). The second-order valence-electron chi connectivity index (χ2n) is 4.31. The highest BCUT2D eigenvalue weighted by molar-refractivity contribution is 9.11. The summed E-state index contributed by atoms with van der Waals surface area (Å²) in [5.41, 5.74) is 1.61. The van der Waals surface area contributed by atoms with E-state index in [1.807, 2.05) is 25.1 Å². The van der Waals surface area contributed by atoms with Gasteiger partial charge in [0.1, 0.15) is 5.82 Å². The van der Waals surface area contributed by atoms with E-state index in [-0.39, 0.29) is 0 Å². The fourth-order valence-corrected chi connectivity index (χ4v) is 3.03. The van der Waals surface area contributed by atoms with Gasteiger partial charge in [0, 0.05) is 15.5 Å². The Morgan fingerprint density at radius 3 is 2.86 bits per heavy atom. The fraction of sp³-hybridized carbons (Fsp3) is 0.154. The maximum Gasteiger partial charge on any atom is 0.226 e. The van der Waals surface area contributed by atoms with Crippen molar-refractivity contribution < 1.29 is 0 Å². The molecular weight excluding hydrogens is 400 g/mol. The third-order valence-corrected chi connectivity index (χ3v) is 3.98. The molecule has 21 heavy (non-hydrogen) atoms. The number of aromatic nitrogens is 4. The third-order valence-electron chi connectivity index (χ3n) is 2.83. The van der Waals surface area contributed by atoms with Gasteiger partial charge in [-0.3, -0.25) is 5.10 Å². The molecular formula is C13H12Br2N6. The molecule has 0 bridgehead atoms. The summed E-state index contributed by atoms with van der Waals surface area (Å²) in [5, 5.41) is 14.2. The van der Waals surface area contributed by atoms with Crippen molar-refractivity contribution in [3.63, 3.8) is 0 Å².